The van der Waals surface area contributed by atoms with Gasteiger partial charge >= 0.3 is 0 Å². The molecule has 8 aromatic rings. The monoisotopic (exact) mass is 621 g/mol. The summed E-state index contributed by atoms with van der Waals surface area (Å²) in [5.74, 6) is 0.644. The maximum absolute atomic E-state index is 6.62. The van der Waals surface area contributed by atoms with Crippen molar-refractivity contribution < 1.29 is 13.9 Å². The van der Waals surface area contributed by atoms with Crippen molar-refractivity contribution in [2.45, 2.75) is 19.6 Å². The van der Waals surface area contributed by atoms with Crippen molar-refractivity contribution in [2.75, 3.05) is 0 Å². The first-order valence-electron chi connectivity index (χ1n) is 16.2. The molecule has 0 bridgehead atoms. The Morgan fingerprint density at radius 2 is 1.08 bits per heavy atom. The zero-order valence-corrected chi connectivity index (χ0v) is 26.6. The van der Waals surface area contributed by atoms with Crippen LogP contribution in [-0.4, -0.2) is 10.8 Å². The molecule has 6 aromatic carbocycles. The van der Waals surface area contributed by atoms with Crippen LogP contribution in [0.1, 0.15) is 13.8 Å². The summed E-state index contributed by atoms with van der Waals surface area (Å²) in [6.45, 7) is 3.91. The highest BCUT2D eigenvalue weighted by Gasteiger charge is 2.30. The van der Waals surface area contributed by atoms with Crippen LogP contribution in [0.2, 0.25) is 0 Å². The van der Waals surface area contributed by atoms with Crippen LogP contribution >= 0.6 is 0 Å². The van der Waals surface area contributed by atoms with Crippen LogP contribution in [0.5, 0.6) is 11.5 Å². The summed E-state index contributed by atoms with van der Waals surface area (Å²) in [7, 11) is 0. The summed E-state index contributed by atoms with van der Waals surface area (Å²) >= 11 is 0. The summed E-state index contributed by atoms with van der Waals surface area (Å²) in [5.41, 5.74) is 11.8. The lowest BCUT2D eigenvalue weighted by Gasteiger charge is -2.26. The second-order valence-electron chi connectivity index (χ2n) is 12.7. The topological polar surface area (TPSA) is 44.5 Å². The highest BCUT2D eigenvalue weighted by Crippen LogP contribution is 2.47. The second kappa shape index (κ2) is 11.0. The minimum Gasteiger partial charge on any atom is -0.455 e. The average Bonchev–Trinajstić information content (AvgIpc) is 3.46. The van der Waals surface area contributed by atoms with Crippen LogP contribution in [-0.2, 0) is 0 Å². The summed E-state index contributed by atoms with van der Waals surface area (Å²) < 4.78 is 19.5. The summed E-state index contributed by atoms with van der Waals surface area (Å²) in [4.78, 5) is 5.07. The van der Waals surface area contributed by atoms with Crippen molar-refractivity contribution in [1.29, 1.82) is 0 Å². The number of fused-ring (bicyclic) bond motifs is 6. The van der Waals surface area contributed by atoms with E-state index in [9.17, 15) is 0 Å². The predicted octanol–water partition coefficient (Wildman–Crippen LogP) is 11.8. The molecule has 0 saturated heterocycles. The molecule has 4 nitrogen and oxygen atoms in total. The molecule has 0 N–H and O–H groups in total. The van der Waals surface area contributed by atoms with E-state index in [1.807, 2.05) is 74.5 Å². The van der Waals surface area contributed by atoms with Gasteiger partial charge in [0, 0.05) is 52.4 Å². The number of nitrogens with zero attached hydrogens (tertiary/aromatic N) is 1. The number of hydrogen-bond acceptors (Lipinski definition) is 4. The Kier molecular flexibility index (Phi) is 6.44. The van der Waals surface area contributed by atoms with Gasteiger partial charge < -0.3 is 13.9 Å². The number of aromatic nitrogens is 1. The Hall–Kier alpha value is -6.13. The predicted molar refractivity (Wildman–Crippen MR) is 194 cm³/mol. The largest absolute Gasteiger partial charge is 0.455 e. The first-order chi connectivity index (χ1) is 23.5. The lowest BCUT2D eigenvalue weighted by Crippen LogP contribution is -2.34. The van der Waals surface area contributed by atoms with E-state index < -0.39 is 5.79 Å². The van der Waals surface area contributed by atoms with Gasteiger partial charge in [0.05, 0.1) is 11.4 Å². The lowest BCUT2D eigenvalue weighted by atomic mass is 9.94. The lowest BCUT2D eigenvalue weighted by molar-refractivity contribution is -0.0778. The standard InChI is InChI=1S/C44H31NO3/c1-44(2)47-41-23-21-31(33-17-11-18-36-34-16-9-10-19-40(34)46-43(33)36)24-37(41)35-22-20-30(27-42(35)48-44)32-25-38(28-12-5-3-6-13-28)45-39(26-32)29-14-7-4-8-15-29/h3-27H,1-2H3. The summed E-state index contributed by atoms with van der Waals surface area (Å²) in [5, 5.41) is 2.22. The molecule has 0 spiro atoms. The third-order valence-corrected chi connectivity index (χ3v) is 8.98. The molecule has 48 heavy (non-hydrogen) atoms. The Morgan fingerprint density at radius 3 is 1.83 bits per heavy atom. The fourth-order valence-electron chi connectivity index (χ4n) is 6.74. The van der Waals surface area contributed by atoms with E-state index in [2.05, 4.69) is 91.0 Å². The van der Waals surface area contributed by atoms with Gasteiger partial charge in [0.25, 0.3) is 0 Å². The minimum absolute atomic E-state index is 0.759. The van der Waals surface area contributed by atoms with Gasteiger partial charge in [-0.2, -0.15) is 0 Å². The molecule has 0 amide bonds. The quantitative estimate of drug-likeness (QED) is 0.196. The molecule has 0 aliphatic carbocycles. The number of pyridine rings is 1. The second-order valence-corrected chi connectivity index (χ2v) is 12.7. The smallest absolute Gasteiger partial charge is 0.245 e. The number of para-hydroxylation sites is 2. The van der Waals surface area contributed by atoms with Gasteiger partial charge in [-0.25, -0.2) is 4.98 Å². The van der Waals surface area contributed by atoms with Crippen molar-refractivity contribution in [2.24, 2.45) is 0 Å². The van der Waals surface area contributed by atoms with Crippen molar-refractivity contribution in [1.82, 2.24) is 4.98 Å². The number of ether oxygens (including phenoxy) is 2. The average molecular weight is 622 g/mol. The fourth-order valence-corrected chi connectivity index (χ4v) is 6.74. The molecule has 0 atom stereocenters. The molecule has 0 unspecified atom stereocenters. The van der Waals surface area contributed by atoms with Gasteiger partial charge in [0.2, 0.25) is 5.79 Å². The zero-order valence-electron chi connectivity index (χ0n) is 26.6. The molecule has 0 fully saturated rings. The third kappa shape index (κ3) is 4.90. The van der Waals surface area contributed by atoms with Crippen molar-refractivity contribution in [3.63, 3.8) is 0 Å². The number of hydrogen-bond donors (Lipinski definition) is 0. The van der Waals surface area contributed by atoms with Gasteiger partial charge in [0.1, 0.15) is 22.7 Å². The van der Waals surface area contributed by atoms with E-state index in [1.54, 1.807) is 0 Å². The molecule has 2 aromatic heterocycles. The van der Waals surface area contributed by atoms with E-state index in [0.29, 0.717) is 0 Å². The molecule has 1 aliphatic rings. The first-order valence-corrected chi connectivity index (χ1v) is 16.2. The fraction of sp³-hybridized carbons (Fsp3) is 0.0682. The number of rotatable bonds is 4. The molecule has 9 rings (SSSR count). The molecule has 1 aliphatic heterocycles. The normalized spacial score (nSPS) is 13.3. The van der Waals surface area contributed by atoms with Crippen molar-refractivity contribution in [3.8, 4) is 67.4 Å². The molecule has 3 heterocycles. The first kappa shape index (κ1) is 28.1. The Labute approximate surface area is 278 Å². The molecule has 230 valence electrons. The number of benzene rings is 6. The molecule has 4 heteroatoms. The molecular formula is C44H31NO3. The van der Waals surface area contributed by atoms with Crippen LogP contribution in [0.3, 0.4) is 0 Å². The highest BCUT2D eigenvalue weighted by atomic mass is 16.7. The van der Waals surface area contributed by atoms with E-state index in [4.69, 9.17) is 18.9 Å². The van der Waals surface area contributed by atoms with Crippen molar-refractivity contribution in [3.05, 3.63) is 152 Å². The summed E-state index contributed by atoms with van der Waals surface area (Å²) in [6, 6.07) is 52.2. The summed E-state index contributed by atoms with van der Waals surface area (Å²) in [6.07, 6.45) is 0. The number of furan rings is 1. The van der Waals surface area contributed by atoms with Crippen molar-refractivity contribution >= 4 is 21.9 Å². The van der Waals surface area contributed by atoms with E-state index >= 15 is 0 Å². The maximum atomic E-state index is 6.62. The maximum Gasteiger partial charge on any atom is 0.245 e. The Bertz CT molecular complexity index is 2420. The van der Waals surface area contributed by atoms with E-state index in [-0.39, 0.29) is 0 Å². The van der Waals surface area contributed by atoms with Crippen LogP contribution in [0, 0.1) is 0 Å². The van der Waals surface area contributed by atoms with E-state index in [0.717, 1.165) is 89.3 Å². The van der Waals surface area contributed by atoms with Gasteiger partial charge in [0.15, 0.2) is 0 Å². The van der Waals surface area contributed by atoms with Gasteiger partial charge in [-0.3, -0.25) is 0 Å². The molecule has 0 radical (unpaired) electrons. The molecular weight excluding hydrogens is 590 g/mol. The van der Waals surface area contributed by atoms with Crippen LogP contribution < -0.4 is 9.47 Å². The molecule has 0 saturated carbocycles. The van der Waals surface area contributed by atoms with E-state index in [1.165, 1.54) is 0 Å². The Balaban J connectivity index is 1.19. The van der Waals surface area contributed by atoms with Crippen LogP contribution in [0.15, 0.2) is 156 Å². The van der Waals surface area contributed by atoms with Crippen LogP contribution in [0.25, 0.3) is 77.8 Å². The third-order valence-electron chi connectivity index (χ3n) is 8.98. The zero-order chi connectivity index (χ0) is 32.2. The minimum atomic E-state index is -0.887. The van der Waals surface area contributed by atoms with Gasteiger partial charge in [-0.15, -0.1) is 0 Å². The van der Waals surface area contributed by atoms with Gasteiger partial charge in [-0.1, -0.05) is 109 Å². The Morgan fingerprint density at radius 1 is 0.438 bits per heavy atom. The van der Waals surface area contributed by atoms with Crippen LogP contribution in [0.4, 0.5) is 0 Å². The van der Waals surface area contributed by atoms with Gasteiger partial charge in [-0.05, 0) is 59.2 Å². The SMILES string of the molecule is CC1(C)Oc2cc(-c3cc(-c4ccccc4)nc(-c4ccccc4)c3)ccc2-c2cc(-c3cccc4c3oc3ccccc34)ccc2O1. The highest BCUT2D eigenvalue weighted by molar-refractivity contribution is 6.09.